The van der Waals surface area contributed by atoms with E-state index in [1.54, 1.807) is 0 Å². The second kappa shape index (κ2) is 9.15. The van der Waals surface area contributed by atoms with Gasteiger partial charge in [0, 0.05) is 5.92 Å². The predicted molar refractivity (Wildman–Crippen MR) is 110 cm³/mol. The molecular formula is C24H25NO2. The van der Waals surface area contributed by atoms with Crippen molar-refractivity contribution in [2.24, 2.45) is 0 Å². The lowest BCUT2D eigenvalue weighted by molar-refractivity contribution is -0.137. The van der Waals surface area contributed by atoms with Gasteiger partial charge in [0.15, 0.2) is 0 Å². The summed E-state index contributed by atoms with van der Waals surface area (Å²) in [4.78, 5) is 12.8. The zero-order chi connectivity index (χ0) is 19.1. The third kappa shape index (κ3) is 5.28. The highest BCUT2D eigenvalue weighted by molar-refractivity contribution is 5.69. The van der Waals surface area contributed by atoms with Gasteiger partial charge in [-0.2, -0.15) is 0 Å². The lowest BCUT2D eigenvalue weighted by Gasteiger charge is -2.22. The first-order valence-electron chi connectivity index (χ1n) is 9.24. The summed E-state index contributed by atoms with van der Waals surface area (Å²) >= 11 is 0. The van der Waals surface area contributed by atoms with E-state index in [0.717, 1.165) is 13.0 Å². The summed E-state index contributed by atoms with van der Waals surface area (Å²) in [5, 5.41) is 8.98. The quantitative estimate of drug-likeness (QED) is 0.622. The van der Waals surface area contributed by atoms with E-state index < -0.39 is 5.97 Å². The Morgan fingerprint density at radius 1 is 0.815 bits per heavy atom. The van der Waals surface area contributed by atoms with Crippen LogP contribution in [0.4, 0.5) is 0 Å². The van der Waals surface area contributed by atoms with Crippen molar-refractivity contribution in [2.75, 3.05) is 20.1 Å². The Hall–Kier alpha value is -2.91. The van der Waals surface area contributed by atoms with Crippen molar-refractivity contribution in [1.82, 2.24) is 4.90 Å². The fourth-order valence-electron chi connectivity index (χ4n) is 3.41. The standard InChI is InChI=1S/C24H25NO2/c1-25(18-24(26)27)17-16-23(21-10-6-3-7-11-21)22-14-12-20(13-15-22)19-8-4-2-5-9-19/h2-15,23H,16-18H2,1H3,(H,26,27). The molecule has 0 radical (unpaired) electrons. The molecule has 0 saturated heterocycles. The smallest absolute Gasteiger partial charge is 0.317 e. The molecule has 0 fully saturated rings. The SMILES string of the molecule is CN(CCC(c1ccccc1)c1ccc(-c2ccccc2)cc1)CC(=O)O. The van der Waals surface area contributed by atoms with Crippen molar-refractivity contribution in [3.05, 3.63) is 96.1 Å². The second-order valence-electron chi connectivity index (χ2n) is 6.87. The van der Waals surface area contributed by atoms with Crippen molar-refractivity contribution in [3.8, 4) is 11.1 Å². The summed E-state index contributed by atoms with van der Waals surface area (Å²) in [6.07, 6.45) is 0.873. The van der Waals surface area contributed by atoms with Crippen molar-refractivity contribution >= 4 is 5.97 Å². The van der Waals surface area contributed by atoms with Crippen LogP contribution in [0.5, 0.6) is 0 Å². The first-order valence-corrected chi connectivity index (χ1v) is 9.24. The first kappa shape index (κ1) is 18.9. The summed E-state index contributed by atoms with van der Waals surface area (Å²) in [5.74, 6) is -0.548. The van der Waals surface area contributed by atoms with Crippen LogP contribution in [0.25, 0.3) is 11.1 Å². The molecule has 1 N–H and O–H groups in total. The third-order valence-corrected chi connectivity index (χ3v) is 4.83. The van der Waals surface area contributed by atoms with Crippen LogP contribution < -0.4 is 0 Å². The first-order chi connectivity index (χ1) is 13.1. The topological polar surface area (TPSA) is 40.5 Å². The van der Waals surface area contributed by atoms with Crippen LogP contribution in [0.15, 0.2) is 84.9 Å². The molecule has 138 valence electrons. The lowest BCUT2D eigenvalue weighted by Crippen LogP contribution is -2.27. The van der Waals surface area contributed by atoms with Gasteiger partial charge in [0.05, 0.1) is 6.54 Å². The van der Waals surface area contributed by atoms with Gasteiger partial charge in [-0.3, -0.25) is 9.69 Å². The number of nitrogens with zero attached hydrogens (tertiary/aromatic N) is 1. The second-order valence-corrected chi connectivity index (χ2v) is 6.87. The van der Waals surface area contributed by atoms with E-state index in [9.17, 15) is 4.79 Å². The lowest BCUT2D eigenvalue weighted by atomic mass is 9.87. The van der Waals surface area contributed by atoms with Gasteiger partial charge in [-0.1, -0.05) is 84.9 Å². The van der Waals surface area contributed by atoms with Crippen LogP contribution in [0.3, 0.4) is 0 Å². The number of hydrogen-bond donors (Lipinski definition) is 1. The number of hydrogen-bond acceptors (Lipinski definition) is 2. The molecule has 0 aliphatic rings. The summed E-state index contributed by atoms with van der Waals surface area (Å²) in [6.45, 7) is 0.792. The minimum Gasteiger partial charge on any atom is -0.480 e. The molecule has 0 spiro atoms. The zero-order valence-corrected chi connectivity index (χ0v) is 15.6. The molecule has 0 aromatic heterocycles. The summed E-state index contributed by atoms with van der Waals surface area (Å²) in [6, 6.07) is 29.5. The Morgan fingerprint density at radius 2 is 1.33 bits per heavy atom. The van der Waals surface area contributed by atoms with E-state index in [1.807, 2.05) is 36.2 Å². The van der Waals surface area contributed by atoms with Crippen LogP contribution >= 0.6 is 0 Å². The number of benzene rings is 3. The number of carbonyl (C=O) groups is 1. The van der Waals surface area contributed by atoms with E-state index in [0.29, 0.717) is 0 Å². The monoisotopic (exact) mass is 359 g/mol. The molecule has 0 bridgehead atoms. The third-order valence-electron chi connectivity index (χ3n) is 4.83. The average molecular weight is 359 g/mol. The van der Waals surface area contributed by atoms with Crippen molar-refractivity contribution in [3.63, 3.8) is 0 Å². The number of rotatable bonds is 8. The highest BCUT2D eigenvalue weighted by atomic mass is 16.4. The van der Waals surface area contributed by atoms with E-state index in [4.69, 9.17) is 5.11 Å². The molecule has 1 atom stereocenters. The number of likely N-dealkylation sites (N-methyl/N-ethyl adjacent to an activating group) is 1. The van der Waals surface area contributed by atoms with E-state index in [2.05, 4.69) is 60.7 Å². The minimum absolute atomic E-state index is 0.0639. The maximum absolute atomic E-state index is 10.9. The van der Waals surface area contributed by atoms with Gasteiger partial charge in [0.1, 0.15) is 0 Å². The summed E-state index contributed by atoms with van der Waals surface area (Å²) < 4.78 is 0. The van der Waals surface area contributed by atoms with Gasteiger partial charge in [-0.05, 0) is 42.3 Å². The molecule has 3 rings (SSSR count). The Morgan fingerprint density at radius 3 is 1.93 bits per heavy atom. The zero-order valence-electron chi connectivity index (χ0n) is 15.6. The molecule has 3 nitrogen and oxygen atoms in total. The van der Waals surface area contributed by atoms with Gasteiger partial charge in [0.2, 0.25) is 0 Å². The fraction of sp³-hybridized carbons (Fsp3) is 0.208. The molecule has 0 amide bonds. The molecular weight excluding hydrogens is 334 g/mol. The highest BCUT2D eigenvalue weighted by Gasteiger charge is 2.16. The molecule has 0 aliphatic heterocycles. The van der Waals surface area contributed by atoms with Crippen molar-refractivity contribution < 1.29 is 9.90 Å². The van der Waals surface area contributed by atoms with Crippen molar-refractivity contribution in [1.29, 1.82) is 0 Å². The number of carboxylic acid groups (broad SMARTS) is 1. The highest BCUT2D eigenvalue weighted by Crippen LogP contribution is 2.30. The molecule has 3 aromatic carbocycles. The van der Waals surface area contributed by atoms with Crippen LogP contribution in [-0.2, 0) is 4.79 Å². The average Bonchev–Trinajstić information content (AvgIpc) is 2.69. The fourth-order valence-corrected chi connectivity index (χ4v) is 3.41. The maximum Gasteiger partial charge on any atom is 0.317 e. The van der Waals surface area contributed by atoms with E-state index >= 15 is 0 Å². The minimum atomic E-state index is -0.791. The van der Waals surface area contributed by atoms with Gasteiger partial charge in [0.25, 0.3) is 0 Å². The van der Waals surface area contributed by atoms with Crippen LogP contribution in [-0.4, -0.2) is 36.1 Å². The Bertz CT molecular complexity index is 845. The molecule has 27 heavy (non-hydrogen) atoms. The van der Waals surface area contributed by atoms with Crippen LogP contribution in [0, 0.1) is 0 Å². The molecule has 3 heteroatoms. The Kier molecular flexibility index (Phi) is 6.39. The van der Waals surface area contributed by atoms with Gasteiger partial charge in [-0.25, -0.2) is 0 Å². The number of aliphatic carboxylic acids is 1. The molecule has 0 heterocycles. The molecule has 0 aliphatic carbocycles. The normalized spacial score (nSPS) is 12.1. The number of carboxylic acids is 1. The van der Waals surface area contributed by atoms with Crippen molar-refractivity contribution in [2.45, 2.75) is 12.3 Å². The maximum atomic E-state index is 10.9. The van der Waals surface area contributed by atoms with Gasteiger partial charge >= 0.3 is 5.97 Å². The van der Waals surface area contributed by atoms with Gasteiger partial charge in [-0.15, -0.1) is 0 Å². The van der Waals surface area contributed by atoms with E-state index in [-0.39, 0.29) is 12.5 Å². The Labute approximate surface area is 160 Å². The summed E-state index contributed by atoms with van der Waals surface area (Å²) in [7, 11) is 1.86. The van der Waals surface area contributed by atoms with Crippen LogP contribution in [0.2, 0.25) is 0 Å². The van der Waals surface area contributed by atoms with E-state index in [1.165, 1.54) is 22.3 Å². The summed E-state index contributed by atoms with van der Waals surface area (Å²) in [5.41, 5.74) is 4.92. The molecule has 3 aromatic rings. The molecule has 0 saturated carbocycles. The Balaban J connectivity index is 1.81. The largest absolute Gasteiger partial charge is 0.480 e. The van der Waals surface area contributed by atoms with Gasteiger partial charge < -0.3 is 5.11 Å². The van der Waals surface area contributed by atoms with Crippen LogP contribution in [0.1, 0.15) is 23.5 Å². The molecule has 1 unspecified atom stereocenters. The predicted octanol–water partition coefficient (Wildman–Crippen LogP) is 4.89.